The third-order valence-electron chi connectivity index (χ3n) is 1.98. The van der Waals surface area contributed by atoms with E-state index in [1.165, 1.54) is 4.90 Å². The zero-order chi connectivity index (χ0) is 10.2. The fourth-order valence-corrected chi connectivity index (χ4v) is 1.47. The second kappa shape index (κ2) is 2.90. The molecule has 1 saturated heterocycles. The van der Waals surface area contributed by atoms with Crippen LogP contribution in [0.2, 0.25) is 0 Å². The predicted molar refractivity (Wildman–Crippen MR) is 46.4 cm³/mol. The van der Waals surface area contributed by atoms with E-state index in [1.54, 1.807) is 0 Å². The predicted octanol–water partition coefficient (Wildman–Crippen LogP) is 0.263. The molecule has 1 unspecified atom stereocenters. The molecule has 1 aliphatic rings. The highest BCUT2D eigenvalue weighted by atomic mass is 16.4. The second-order valence-corrected chi connectivity index (χ2v) is 4.08. The number of amides is 2. The first-order valence-corrected chi connectivity index (χ1v) is 4.14. The topological polar surface area (TPSA) is 69.6 Å². The lowest BCUT2D eigenvalue weighted by Crippen LogP contribution is -2.50. The van der Waals surface area contributed by atoms with Gasteiger partial charge >= 0.3 is 12.0 Å². The number of hydrogen-bond donors (Lipinski definition) is 2. The summed E-state index contributed by atoms with van der Waals surface area (Å²) in [6.07, 6.45) is 0. The average molecular weight is 186 g/mol. The molecule has 13 heavy (non-hydrogen) atoms. The molecule has 1 heterocycles. The molecular formula is C8H14N2O3. The van der Waals surface area contributed by atoms with E-state index < -0.39 is 17.6 Å². The van der Waals surface area contributed by atoms with Gasteiger partial charge in [0.25, 0.3) is 0 Å². The number of urea groups is 1. The van der Waals surface area contributed by atoms with Crippen LogP contribution in [0.15, 0.2) is 0 Å². The van der Waals surface area contributed by atoms with Crippen molar-refractivity contribution in [2.45, 2.75) is 32.4 Å². The van der Waals surface area contributed by atoms with Gasteiger partial charge in [0.05, 0.1) is 6.54 Å². The van der Waals surface area contributed by atoms with Gasteiger partial charge in [-0.1, -0.05) is 0 Å². The van der Waals surface area contributed by atoms with Crippen LogP contribution in [0.4, 0.5) is 4.79 Å². The number of nitrogens with zero attached hydrogens (tertiary/aromatic N) is 1. The molecular weight excluding hydrogens is 172 g/mol. The van der Waals surface area contributed by atoms with Gasteiger partial charge in [0.15, 0.2) is 0 Å². The second-order valence-electron chi connectivity index (χ2n) is 4.08. The Labute approximate surface area is 76.7 Å². The van der Waals surface area contributed by atoms with Gasteiger partial charge in [-0.2, -0.15) is 0 Å². The molecule has 5 nitrogen and oxygen atoms in total. The first kappa shape index (κ1) is 9.83. The van der Waals surface area contributed by atoms with Crippen LogP contribution < -0.4 is 5.32 Å². The standard InChI is InChI=1S/C8H14N2O3/c1-8(2,3)10-5(6(11)12)4-9-7(10)13/h5H,4H2,1-3H3,(H,9,13)(H,11,12). The molecule has 0 aromatic carbocycles. The Morgan fingerprint density at radius 2 is 2.15 bits per heavy atom. The van der Waals surface area contributed by atoms with E-state index in [9.17, 15) is 9.59 Å². The van der Waals surface area contributed by atoms with Gasteiger partial charge in [0.1, 0.15) is 6.04 Å². The van der Waals surface area contributed by atoms with Crippen molar-refractivity contribution < 1.29 is 14.7 Å². The largest absolute Gasteiger partial charge is 0.480 e. The lowest BCUT2D eigenvalue weighted by atomic mass is 10.0. The summed E-state index contributed by atoms with van der Waals surface area (Å²) in [6, 6.07) is -1.05. The molecule has 0 aromatic rings. The SMILES string of the molecule is CC(C)(C)N1C(=O)NCC1C(=O)O. The van der Waals surface area contributed by atoms with Gasteiger partial charge in [-0.25, -0.2) is 9.59 Å². The first-order chi connectivity index (χ1) is 5.84. The molecule has 1 rings (SSSR count). The Hall–Kier alpha value is -1.26. The minimum atomic E-state index is -0.965. The highest BCUT2D eigenvalue weighted by Gasteiger charge is 2.42. The van der Waals surface area contributed by atoms with Crippen molar-refractivity contribution >= 4 is 12.0 Å². The molecule has 1 aliphatic heterocycles. The van der Waals surface area contributed by atoms with Gasteiger partial charge in [-0.05, 0) is 20.8 Å². The summed E-state index contributed by atoms with van der Waals surface area (Å²) >= 11 is 0. The molecule has 0 aromatic heterocycles. The Balaban J connectivity index is 2.90. The fourth-order valence-electron chi connectivity index (χ4n) is 1.47. The van der Waals surface area contributed by atoms with Gasteiger partial charge < -0.3 is 15.3 Å². The molecule has 5 heteroatoms. The Bertz CT molecular complexity index is 244. The minimum absolute atomic E-state index is 0.186. The number of carbonyl (C=O) groups is 2. The molecule has 0 aliphatic carbocycles. The van der Waals surface area contributed by atoms with E-state index in [2.05, 4.69) is 5.32 Å². The number of carboxylic acids is 1. The number of carboxylic acid groups (broad SMARTS) is 1. The maximum atomic E-state index is 11.3. The number of nitrogens with one attached hydrogen (secondary N) is 1. The number of rotatable bonds is 1. The summed E-state index contributed by atoms with van der Waals surface area (Å²) in [6.45, 7) is 5.63. The van der Waals surface area contributed by atoms with Crippen molar-refractivity contribution in [2.24, 2.45) is 0 Å². The smallest absolute Gasteiger partial charge is 0.328 e. The van der Waals surface area contributed by atoms with Crippen LogP contribution in [0.3, 0.4) is 0 Å². The maximum Gasteiger partial charge on any atom is 0.328 e. The highest BCUT2D eigenvalue weighted by molar-refractivity contribution is 5.87. The zero-order valence-corrected chi connectivity index (χ0v) is 8.00. The number of aliphatic carboxylic acids is 1. The summed E-state index contributed by atoms with van der Waals surface area (Å²) < 4.78 is 0. The monoisotopic (exact) mass is 186 g/mol. The minimum Gasteiger partial charge on any atom is -0.480 e. The van der Waals surface area contributed by atoms with Gasteiger partial charge in [0.2, 0.25) is 0 Å². The average Bonchev–Trinajstić information content (AvgIpc) is 2.28. The molecule has 1 atom stereocenters. The number of hydrogen-bond acceptors (Lipinski definition) is 2. The summed E-state index contributed by atoms with van der Waals surface area (Å²) in [5, 5.41) is 11.3. The maximum absolute atomic E-state index is 11.3. The van der Waals surface area contributed by atoms with Crippen molar-refractivity contribution in [1.82, 2.24) is 10.2 Å². The fraction of sp³-hybridized carbons (Fsp3) is 0.750. The number of carbonyl (C=O) groups excluding carboxylic acids is 1. The van der Waals surface area contributed by atoms with Crippen molar-refractivity contribution in [3.63, 3.8) is 0 Å². The van der Waals surface area contributed by atoms with Crippen LogP contribution in [-0.4, -0.2) is 40.1 Å². The first-order valence-electron chi connectivity index (χ1n) is 4.14. The van der Waals surface area contributed by atoms with Gasteiger partial charge in [0, 0.05) is 5.54 Å². The third kappa shape index (κ3) is 1.74. The molecule has 0 bridgehead atoms. The van der Waals surface area contributed by atoms with E-state index in [-0.39, 0.29) is 12.6 Å². The van der Waals surface area contributed by atoms with Crippen molar-refractivity contribution in [1.29, 1.82) is 0 Å². The molecule has 0 spiro atoms. The van der Waals surface area contributed by atoms with Crippen LogP contribution in [0, 0.1) is 0 Å². The van der Waals surface area contributed by atoms with Gasteiger partial charge in [-0.3, -0.25) is 0 Å². The Morgan fingerprint density at radius 1 is 1.62 bits per heavy atom. The zero-order valence-electron chi connectivity index (χ0n) is 8.00. The summed E-state index contributed by atoms with van der Waals surface area (Å²) in [7, 11) is 0. The lowest BCUT2D eigenvalue weighted by Gasteiger charge is -2.33. The summed E-state index contributed by atoms with van der Waals surface area (Å²) in [5.41, 5.74) is -0.455. The van der Waals surface area contributed by atoms with Crippen molar-refractivity contribution in [3.8, 4) is 0 Å². The van der Waals surface area contributed by atoms with Crippen molar-refractivity contribution in [3.05, 3.63) is 0 Å². The highest BCUT2D eigenvalue weighted by Crippen LogP contribution is 2.20. The van der Waals surface area contributed by atoms with E-state index in [0.29, 0.717) is 0 Å². The normalized spacial score (nSPS) is 23.2. The Kier molecular flexibility index (Phi) is 2.19. The van der Waals surface area contributed by atoms with Crippen LogP contribution in [0.1, 0.15) is 20.8 Å². The van der Waals surface area contributed by atoms with Crippen molar-refractivity contribution in [2.75, 3.05) is 6.54 Å². The molecule has 2 amide bonds. The van der Waals surface area contributed by atoms with E-state index >= 15 is 0 Å². The quantitative estimate of drug-likeness (QED) is 0.617. The molecule has 2 N–H and O–H groups in total. The third-order valence-corrected chi connectivity index (χ3v) is 1.98. The van der Waals surface area contributed by atoms with Crippen LogP contribution in [-0.2, 0) is 4.79 Å². The lowest BCUT2D eigenvalue weighted by molar-refractivity contribution is -0.142. The Morgan fingerprint density at radius 3 is 2.46 bits per heavy atom. The van der Waals surface area contributed by atoms with Crippen LogP contribution in [0.25, 0.3) is 0 Å². The van der Waals surface area contributed by atoms with E-state index in [0.717, 1.165) is 0 Å². The molecule has 0 radical (unpaired) electrons. The summed E-state index contributed by atoms with van der Waals surface area (Å²) in [4.78, 5) is 23.4. The van der Waals surface area contributed by atoms with Crippen LogP contribution >= 0.6 is 0 Å². The van der Waals surface area contributed by atoms with Gasteiger partial charge in [-0.15, -0.1) is 0 Å². The summed E-state index contributed by atoms with van der Waals surface area (Å²) in [5.74, 6) is -0.965. The van der Waals surface area contributed by atoms with E-state index in [4.69, 9.17) is 5.11 Å². The molecule has 1 fully saturated rings. The van der Waals surface area contributed by atoms with Crippen LogP contribution in [0.5, 0.6) is 0 Å². The molecule has 74 valence electrons. The van der Waals surface area contributed by atoms with E-state index in [1.807, 2.05) is 20.8 Å². The molecule has 0 saturated carbocycles.